The first kappa shape index (κ1) is 54.0. The minimum absolute atomic E-state index is 0.000131. The lowest BCUT2D eigenvalue weighted by Gasteiger charge is -2.34. The number of likely N-dealkylation sites (N-methyl/N-ethyl adjacent to an activating group) is 1. The second-order valence-corrected chi connectivity index (χ2v) is 15.3. The van der Waals surface area contributed by atoms with Crippen LogP contribution in [-0.4, -0.2) is 75.5 Å². The number of nitrogens with zero attached hydrogens (tertiary/aromatic N) is 1. The number of aliphatic carboxylic acids is 1. The van der Waals surface area contributed by atoms with E-state index in [0.717, 1.165) is 70.6 Å². The molecule has 0 aliphatic carbocycles. The van der Waals surface area contributed by atoms with E-state index in [0.29, 0.717) is 12.8 Å². The predicted molar refractivity (Wildman–Crippen MR) is 240 cm³/mol. The summed E-state index contributed by atoms with van der Waals surface area (Å²) in [6.07, 6.45) is 54.1. The number of unbranched alkanes of at least 4 members (excludes halogenated alkanes) is 8. The first-order chi connectivity index (χ1) is 28.1. The zero-order chi connectivity index (χ0) is 42.8. The third-order valence-electron chi connectivity index (χ3n) is 9.00. The number of carbonyl (C=O) groups is 3. The summed E-state index contributed by atoms with van der Waals surface area (Å²) >= 11 is 0. The van der Waals surface area contributed by atoms with Crippen LogP contribution in [0.2, 0.25) is 0 Å². The van der Waals surface area contributed by atoms with Gasteiger partial charge in [-0.2, -0.15) is 0 Å². The van der Waals surface area contributed by atoms with E-state index in [9.17, 15) is 19.5 Å². The molecule has 0 aromatic rings. The van der Waals surface area contributed by atoms with Crippen molar-refractivity contribution in [2.24, 2.45) is 0 Å². The molecular weight excluding hydrogens is 727 g/mol. The number of rotatable bonds is 37. The molecule has 2 unspecified atom stereocenters. The normalized spacial score (nSPS) is 14.0. The number of ether oxygens (including phenoxy) is 3. The summed E-state index contributed by atoms with van der Waals surface area (Å²) in [5, 5.41) is 11.6. The van der Waals surface area contributed by atoms with E-state index < -0.39 is 18.1 Å². The summed E-state index contributed by atoms with van der Waals surface area (Å²) < 4.78 is 17.0. The average Bonchev–Trinajstić information content (AvgIpc) is 3.18. The van der Waals surface area contributed by atoms with Crippen LogP contribution in [0.1, 0.15) is 136 Å². The highest BCUT2D eigenvalue weighted by atomic mass is 16.6. The molecule has 0 saturated carbocycles. The van der Waals surface area contributed by atoms with E-state index in [-0.39, 0.29) is 55.5 Å². The lowest BCUT2D eigenvalue weighted by Crippen LogP contribution is -2.55. The average molecular weight is 806 g/mol. The van der Waals surface area contributed by atoms with Crippen molar-refractivity contribution in [2.45, 2.75) is 148 Å². The number of esters is 2. The minimum atomic E-state index is -1.14. The van der Waals surface area contributed by atoms with Crippen LogP contribution in [0.3, 0.4) is 0 Å². The number of carboxylic acids is 1. The molecule has 2 atom stereocenters. The third kappa shape index (κ3) is 37.6. The van der Waals surface area contributed by atoms with Gasteiger partial charge in [0.05, 0.1) is 40.3 Å². The number of allylic oxidation sites excluding steroid dienone is 18. The molecule has 0 saturated heterocycles. The number of hydrogen-bond donors (Lipinski definition) is 0. The highest BCUT2D eigenvalue weighted by molar-refractivity contribution is 5.70. The monoisotopic (exact) mass is 806 g/mol. The van der Waals surface area contributed by atoms with Gasteiger partial charge in [-0.15, -0.1) is 0 Å². The van der Waals surface area contributed by atoms with Crippen molar-refractivity contribution >= 4 is 17.9 Å². The predicted octanol–water partition coefficient (Wildman–Crippen LogP) is 10.7. The molecule has 0 bridgehead atoms. The molecule has 0 spiro atoms. The first-order valence-corrected chi connectivity index (χ1v) is 22.0. The summed E-state index contributed by atoms with van der Waals surface area (Å²) in [6.45, 7) is 4.37. The minimum Gasteiger partial charge on any atom is -0.544 e. The van der Waals surface area contributed by atoms with Gasteiger partial charge in [0.2, 0.25) is 0 Å². The Labute approximate surface area is 353 Å². The molecule has 0 N–H and O–H groups in total. The lowest BCUT2D eigenvalue weighted by molar-refractivity contribution is -0.889. The van der Waals surface area contributed by atoms with Gasteiger partial charge in [-0.3, -0.25) is 9.59 Å². The van der Waals surface area contributed by atoms with Crippen LogP contribution in [-0.2, 0) is 28.6 Å². The maximum Gasteiger partial charge on any atom is 0.306 e. The Hall–Kier alpha value is -4.01. The smallest absolute Gasteiger partial charge is 0.306 e. The first-order valence-electron chi connectivity index (χ1n) is 22.0. The van der Waals surface area contributed by atoms with Gasteiger partial charge in [0.1, 0.15) is 12.6 Å². The second kappa shape index (κ2) is 39.8. The summed E-state index contributed by atoms with van der Waals surface area (Å²) in [5.41, 5.74) is 0. The van der Waals surface area contributed by atoms with Crippen LogP contribution in [0.4, 0.5) is 0 Å². The van der Waals surface area contributed by atoms with Crippen LogP contribution >= 0.6 is 0 Å². The zero-order valence-electron chi connectivity index (χ0n) is 36.9. The third-order valence-corrected chi connectivity index (χ3v) is 9.00. The molecule has 8 nitrogen and oxygen atoms in total. The van der Waals surface area contributed by atoms with Crippen molar-refractivity contribution < 1.29 is 38.2 Å². The van der Waals surface area contributed by atoms with Gasteiger partial charge in [0.25, 0.3) is 0 Å². The fraction of sp³-hybridized carbons (Fsp3) is 0.580. The fourth-order valence-corrected chi connectivity index (χ4v) is 5.60. The molecule has 0 fully saturated rings. The van der Waals surface area contributed by atoms with Gasteiger partial charge >= 0.3 is 11.9 Å². The lowest BCUT2D eigenvalue weighted by atomic mass is 10.1. The van der Waals surface area contributed by atoms with E-state index in [1.54, 1.807) is 21.1 Å². The highest BCUT2D eigenvalue weighted by Crippen LogP contribution is 2.11. The van der Waals surface area contributed by atoms with Crippen LogP contribution < -0.4 is 5.11 Å². The number of carboxylic acid groups (broad SMARTS) is 1. The van der Waals surface area contributed by atoms with E-state index >= 15 is 0 Å². The molecule has 0 rings (SSSR count). The van der Waals surface area contributed by atoms with Crippen molar-refractivity contribution in [3.05, 3.63) is 109 Å². The molecule has 58 heavy (non-hydrogen) atoms. The molecule has 8 heteroatoms. The van der Waals surface area contributed by atoms with Gasteiger partial charge in [-0.25, -0.2) is 0 Å². The number of carbonyl (C=O) groups excluding carboxylic acids is 3. The van der Waals surface area contributed by atoms with Crippen molar-refractivity contribution in [2.75, 3.05) is 41.0 Å². The van der Waals surface area contributed by atoms with Crippen LogP contribution in [0.25, 0.3) is 0 Å². The Balaban J connectivity index is 4.55. The Morgan fingerprint density at radius 1 is 0.552 bits per heavy atom. The largest absolute Gasteiger partial charge is 0.544 e. The highest BCUT2D eigenvalue weighted by Gasteiger charge is 2.25. The fourth-order valence-electron chi connectivity index (χ4n) is 5.60. The summed E-state index contributed by atoms with van der Waals surface area (Å²) in [5.74, 6) is -1.89. The number of hydrogen-bond acceptors (Lipinski definition) is 7. The van der Waals surface area contributed by atoms with E-state index in [2.05, 4.69) is 98.9 Å². The molecule has 0 heterocycles. The topological polar surface area (TPSA) is 102 Å². The quantitative estimate of drug-likeness (QED) is 0.0203. The van der Waals surface area contributed by atoms with Crippen LogP contribution in [0.5, 0.6) is 0 Å². The maximum absolute atomic E-state index is 12.7. The van der Waals surface area contributed by atoms with Crippen LogP contribution in [0, 0.1) is 0 Å². The van der Waals surface area contributed by atoms with E-state index in [1.165, 1.54) is 19.3 Å². The van der Waals surface area contributed by atoms with Crippen molar-refractivity contribution in [1.82, 2.24) is 0 Å². The van der Waals surface area contributed by atoms with E-state index in [4.69, 9.17) is 14.2 Å². The molecule has 0 aromatic carbocycles. The van der Waals surface area contributed by atoms with Crippen molar-refractivity contribution in [3.63, 3.8) is 0 Å². The van der Waals surface area contributed by atoms with Gasteiger partial charge in [-0.1, -0.05) is 155 Å². The summed E-state index contributed by atoms with van der Waals surface area (Å²) in [7, 11) is 5.36. The Bertz CT molecular complexity index is 1310. The van der Waals surface area contributed by atoms with E-state index in [1.807, 2.05) is 24.3 Å². The Morgan fingerprint density at radius 2 is 1.07 bits per heavy atom. The van der Waals surface area contributed by atoms with Crippen LogP contribution in [0.15, 0.2) is 109 Å². The van der Waals surface area contributed by atoms with Gasteiger partial charge in [-0.05, 0) is 70.6 Å². The van der Waals surface area contributed by atoms with Crippen molar-refractivity contribution in [3.8, 4) is 0 Å². The molecule has 0 aromatic heterocycles. The number of quaternary nitrogens is 1. The molecule has 326 valence electrons. The SMILES string of the molecule is CC/C=C/C/C=C/C/C=C/C/C=C/C/C=C/CCC(=O)OCC(COCCC(C(=O)[O-])[N+](C)(C)C)OC(=O)CCCCCCC/C=C/C=C/C=C/C=C/CCCCC. The molecular formula is C50H79NO7. The van der Waals surface area contributed by atoms with Crippen molar-refractivity contribution in [1.29, 1.82) is 0 Å². The molecule has 0 amide bonds. The summed E-state index contributed by atoms with van der Waals surface area (Å²) in [4.78, 5) is 36.8. The van der Waals surface area contributed by atoms with Gasteiger partial charge in [0, 0.05) is 19.3 Å². The Kier molecular flexibility index (Phi) is 37.0. The molecule has 0 aliphatic rings. The zero-order valence-corrected chi connectivity index (χ0v) is 36.9. The van der Waals surface area contributed by atoms with Gasteiger partial charge in [0.15, 0.2) is 6.10 Å². The maximum atomic E-state index is 12.7. The van der Waals surface area contributed by atoms with Gasteiger partial charge < -0.3 is 28.6 Å². The summed E-state index contributed by atoms with van der Waals surface area (Å²) in [6, 6.07) is -0.748. The standard InChI is InChI=1S/C50H79NO7/c1-6-8-10-12-14-16-18-20-22-24-25-27-29-31-33-35-37-39-41-49(53)58-46(44-56-43-42-47(50(54)55)51(3,4)5)45-57-48(52)40-38-36-34-32-30-28-26-23-21-19-17-15-13-11-9-7-2/h9,11,14-18,20-25,27-28,30,34,36,46-47H,6-8,10,12-13,19,26,29,31-33,35,37-45H2,1-5H3/b11-9+,16-14+,17-15+,20-18+,23-21+,24-22+,27-25+,30-28+,36-34+. The molecule has 0 aliphatic heterocycles. The Morgan fingerprint density at radius 3 is 1.62 bits per heavy atom. The second-order valence-electron chi connectivity index (χ2n) is 15.3. The molecule has 0 radical (unpaired) electrons.